The maximum atomic E-state index is 12.4. The van der Waals surface area contributed by atoms with E-state index in [1.165, 1.54) is 13.8 Å². The van der Waals surface area contributed by atoms with Crippen LogP contribution >= 0.6 is 0 Å². The van der Waals surface area contributed by atoms with Gasteiger partial charge in [0.1, 0.15) is 5.69 Å². The van der Waals surface area contributed by atoms with Gasteiger partial charge in [-0.3, -0.25) is 9.59 Å². The molecular formula is C20H24N2O4. The zero-order valence-electron chi connectivity index (χ0n) is 15.7. The monoisotopic (exact) mass is 356 g/mol. The van der Waals surface area contributed by atoms with Gasteiger partial charge in [0.2, 0.25) is 0 Å². The number of aromatic amines is 1. The smallest absolute Gasteiger partial charge is 0.355 e. The molecule has 0 radical (unpaired) electrons. The van der Waals surface area contributed by atoms with Gasteiger partial charge in [0.05, 0.1) is 6.04 Å². The van der Waals surface area contributed by atoms with E-state index in [2.05, 4.69) is 10.3 Å². The molecule has 1 aromatic heterocycles. The second-order valence-corrected chi connectivity index (χ2v) is 6.37. The Balaban J connectivity index is 2.04. The maximum absolute atomic E-state index is 12.4. The molecule has 0 spiro atoms. The minimum Gasteiger partial charge on any atom is -0.448 e. The molecule has 0 saturated carbocycles. The van der Waals surface area contributed by atoms with Crippen molar-refractivity contribution in [2.45, 2.75) is 46.8 Å². The van der Waals surface area contributed by atoms with Gasteiger partial charge >= 0.3 is 5.97 Å². The third-order valence-corrected chi connectivity index (χ3v) is 4.31. The number of Topliss-reactive ketones (excluding diaryl/α,β-unsaturated/α-hetero) is 1. The van der Waals surface area contributed by atoms with Crippen molar-refractivity contribution < 1.29 is 19.1 Å². The number of H-pyrrole nitrogens is 1. The molecule has 138 valence electrons. The van der Waals surface area contributed by atoms with Crippen LogP contribution in [0.5, 0.6) is 0 Å². The van der Waals surface area contributed by atoms with Crippen molar-refractivity contribution in [2.24, 2.45) is 0 Å². The Bertz CT molecular complexity index is 824. The maximum Gasteiger partial charge on any atom is 0.355 e. The summed E-state index contributed by atoms with van der Waals surface area (Å²) in [6, 6.07) is 9.31. The molecule has 0 aliphatic heterocycles. The highest BCUT2D eigenvalue weighted by Crippen LogP contribution is 2.20. The summed E-state index contributed by atoms with van der Waals surface area (Å²) in [6.45, 7) is 8.22. The van der Waals surface area contributed by atoms with Crippen LogP contribution < -0.4 is 5.32 Å². The van der Waals surface area contributed by atoms with E-state index >= 15 is 0 Å². The average molecular weight is 356 g/mol. The fraction of sp³-hybridized carbons (Fsp3) is 0.350. The van der Waals surface area contributed by atoms with E-state index in [1.807, 2.05) is 37.3 Å². The molecular weight excluding hydrogens is 332 g/mol. The predicted octanol–water partition coefficient (Wildman–Crippen LogP) is 3.26. The third-order valence-electron chi connectivity index (χ3n) is 4.31. The van der Waals surface area contributed by atoms with Crippen LogP contribution in [0.15, 0.2) is 30.3 Å². The van der Waals surface area contributed by atoms with E-state index in [1.54, 1.807) is 13.8 Å². The molecule has 0 fully saturated rings. The lowest BCUT2D eigenvalue weighted by molar-refractivity contribution is -0.129. The molecule has 0 bridgehead atoms. The third kappa shape index (κ3) is 4.20. The predicted molar refractivity (Wildman–Crippen MR) is 98.1 cm³/mol. The van der Waals surface area contributed by atoms with Gasteiger partial charge in [0, 0.05) is 11.3 Å². The second-order valence-electron chi connectivity index (χ2n) is 6.37. The van der Waals surface area contributed by atoms with Crippen molar-refractivity contribution in [1.29, 1.82) is 0 Å². The van der Waals surface area contributed by atoms with Crippen LogP contribution in [0, 0.1) is 13.8 Å². The fourth-order valence-corrected chi connectivity index (χ4v) is 2.91. The van der Waals surface area contributed by atoms with Crippen LogP contribution in [-0.2, 0) is 9.53 Å². The number of hydrogen-bond acceptors (Lipinski definition) is 4. The number of aromatic nitrogens is 1. The molecule has 2 atom stereocenters. The van der Waals surface area contributed by atoms with Crippen LogP contribution in [0.2, 0.25) is 0 Å². The second kappa shape index (κ2) is 7.99. The van der Waals surface area contributed by atoms with Crippen molar-refractivity contribution >= 4 is 17.7 Å². The van der Waals surface area contributed by atoms with Gasteiger partial charge in [-0.1, -0.05) is 30.3 Å². The molecule has 1 amide bonds. The van der Waals surface area contributed by atoms with Gasteiger partial charge in [-0.15, -0.1) is 0 Å². The number of amides is 1. The highest BCUT2D eigenvalue weighted by atomic mass is 16.5. The van der Waals surface area contributed by atoms with Crippen molar-refractivity contribution in [3.8, 4) is 0 Å². The van der Waals surface area contributed by atoms with Gasteiger partial charge in [0.25, 0.3) is 5.91 Å². The molecule has 0 saturated heterocycles. The topological polar surface area (TPSA) is 88.3 Å². The van der Waals surface area contributed by atoms with Crippen LogP contribution in [0.3, 0.4) is 0 Å². The number of hydrogen-bond donors (Lipinski definition) is 2. The van der Waals surface area contributed by atoms with E-state index < -0.39 is 12.1 Å². The van der Waals surface area contributed by atoms with Gasteiger partial charge < -0.3 is 15.0 Å². The zero-order valence-corrected chi connectivity index (χ0v) is 15.7. The van der Waals surface area contributed by atoms with E-state index in [0.29, 0.717) is 16.8 Å². The normalized spacial score (nSPS) is 13.0. The summed E-state index contributed by atoms with van der Waals surface area (Å²) in [5, 5.41) is 2.82. The minimum absolute atomic E-state index is 0.127. The van der Waals surface area contributed by atoms with Crippen molar-refractivity contribution in [3.63, 3.8) is 0 Å². The summed E-state index contributed by atoms with van der Waals surface area (Å²) in [4.78, 5) is 39.2. The summed E-state index contributed by atoms with van der Waals surface area (Å²) in [6.07, 6.45) is -0.961. The summed E-state index contributed by atoms with van der Waals surface area (Å²) < 4.78 is 5.27. The van der Waals surface area contributed by atoms with Crippen LogP contribution in [-0.4, -0.2) is 28.7 Å². The molecule has 6 nitrogen and oxygen atoms in total. The highest BCUT2D eigenvalue weighted by Gasteiger charge is 2.25. The van der Waals surface area contributed by atoms with Gasteiger partial charge in [-0.25, -0.2) is 4.79 Å². The number of nitrogens with one attached hydrogen (secondary N) is 2. The largest absolute Gasteiger partial charge is 0.448 e. The highest BCUT2D eigenvalue weighted by molar-refractivity contribution is 6.01. The molecule has 2 unspecified atom stereocenters. The number of ether oxygens (including phenoxy) is 1. The Kier molecular flexibility index (Phi) is 5.97. The minimum atomic E-state index is -0.961. The number of rotatable bonds is 6. The number of esters is 1. The molecule has 2 N–H and O–H groups in total. The Labute approximate surface area is 152 Å². The van der Waals surface area contributed by atoms with Crippen LogP contribution in [0.1, 0.15) is 64.5 Å². The first-order valence-corrected chi connectivity index (χ1v) is 8.48. The van der Waals surface area contributed by atoms with Crippen molar-refractivity contribution in [1.82, 2.24) is 10.3 Å². The SMILES string of the molecule is CC(=O)c1c(C)[nH]c(C(=O)OC(C)C(=O)NC(C)c2ccccc2)c1C. The van der Waals surface area contributed by atoms with Gasteiger partial charge in [0.15, 0.2) is 11.9 Å². The molecule has 1 aromatic carbocycles. The number of carbonyl (C=O) groups excluding carboxylic acids is 3. The molecule has 0 aliphatic carbocycles. The molecule has 1 heterocycles. The first-order valence-electron chi connectivity index (χ1n) is 8.48. The summed E-state index contributed by atoms with van der Waals surface area (Å²) in [7, 11) is 0. The number of aryl methyl sites for hydroxylation is 1. The lowest BCUT2D eigenvalue weighted by Crippen LogP contribution is -2.37. The first kappa shape index (κ1) is 19.4. The lowest BCUT2D eigenvalue weighted by atomic mass is 10.1. The molecule has 2 aromatic rings. The Hall–Kier alpha value is -2.89. The Morgan fingerprint density at radius 2 is 1.69 bits per heavy atom. The summed E-state index contributed by atoms with van der Waals surface area (Å²) >= 11 is 0. The summed E-state index contributed by atoms with van der Waals surface area (Å²) in [5.41, 5.74) is 2.78. The molecule has 26 heavy (non-hydrogen) atoms. The Morgan fingerprint density at radius 3 is 2.23 bits per heavy atom. The van der Waals surface area contributed by atoms with E-state index in [0.717, 1.165) is 5.56 Å². The van der Waals surface area contributed by atoms with E-state index in [-0.39, 0.29) is 23.4 Å². The zero-order chi connectivity index (χ0) is 19.4. The molecule has 6 heteroatoms. The molecule has 2 rings (SSSR count). The van der Waals surface area contributed by atoms with Crippen LogP contribution in [0.4, 0.5) is 0 Å². The number of benzene rings is 1. The van der Waals surface area contributed by atoms with Gasteiger partial charge in [-0.05, 0) is 45.7 Å². The summed E-state index contributed by atoms with van der Waals surface area (Å²) in [5.74, 6) is -1.17. The average Bonchev–Trinajstić information content (AvgIpc) is 2.90. The lowest BCUT2D eigenvalue weighted by Gasteiger charge is -2.18. The first-order chi connectivity index (χ1) is 12.2. The molecule has 0 aliphatic rings. The standard InChI is InChI=1S/C20H24N2O4/c1-11-17(14(4)23)13(3)21-18(11)20(25)26-15(5)19(24)22-12(2)16-9-7-6-8-10-16/h6-10,12,15,21H,1-5H3,(H,22,24). The number of ketones is 1. The van der Waals surface area contributed by atoms with E-state index in [9.17, 15) is 14.4 Å². The van der Waals surface area contributed by atoms with E-state index in [4.69, 9.17) is 4.74 Å². The van der Waals surface area contributed by atoms with Crippen molar-refractivity contribution in [2.75, 3.05) is 0 Å². The van der Waals surface area contributed by atoms with Crippen molar-refractivity contribution in [3.05, 3.63) is 58.4 Å². The van der Waals surface area contributed by atoms with Gasteiger partial charge in [-0.2, -0.15) is 0 Å². The Morgan fingerprint density at radius 1 is 1.08 bits per heavy atom. The fourth-order valence-electron chi connectivity index (χ4n) is 2.91. The van der Waals surface area contributed by atoms with Crippen LogP contribution in [0.25, 0.3) is 0 Å². The quantitative estimate of drug-likeness (QED) is 0.614. The number of carbonyl (C=O) groups is 3.